The van der Waals surface area contributed by atoms with Crippen molar-refractivity contribution in [1.29, 1.82) is 0 Å². The van der Waals surface area contributed by atoms with E-state index in [-0.39, 0.29) is 24.6 Å². The smallest absolute Gasteiger partial charge is 0.306 e. The van der Waals surface area contributed by atoms with Gasteiger partial charge in [-0.25, -0.2) is 14.5 Å². The SMILES string of the molecule is Cc1ccc2nc(COC(=O)CCc3c(C)nc4cc(C)nn4c3C)cc(=O)n2c1. The van der Waals surface area contributed by atoms with Gasteiger partial charge in [-0.3, -0.25) is 14.0 Å². The van der Waals surface area contributed by atoms with Crippen LogP contribution in [0.4, 0.5) is 0 Å². The Morgan fingerprint density at radius 1 is 1.07 bits per heavy atom. The van der Waals surface area contributed by atoms with Crippen molar-refractivity contribution in [1.82, 2.24) is 24.0 Å². The molecule has 0 saturated heterocycles. The van der Waals surface area contributed by atoms with Gasteiger partial charge in [0.1, 0.15) is 12.3 Å². The summed E-state index contributed by atoms with van der Waals surface area (Å²) in [5.41, 5.74) is 6.27. The highest BCUT2D eigenvalue weighted by Gasteiger charge is 2.14. The second-order valence-electron chi connectivity index (χ2n) is 7.50. The van der Waals surface area contributed by atoms with Crippen LogP contribution in [-0.2, 0) is 22.6 Å². The highest BCUT2D eigenvalue weighted by atomic mass is 16.5. The Bertz CT molecular complexity index is 1340. The molecular weight excluding hydrogens is 382 g/mol. The lowest BCUT2D eigenvalue weighted by molar-refractivity contribution is -0.145. The van der Waals surface area contributed by atoms with Gasteiger partial charge in [0.05, 0.1) is 11.4 Å². The van der Waals surface area contributed by atoms with Crippen molar-refractivity contribution in [3.8, 4) is 0 Å². The maximum absolute atomic E-state index is 12.3. The van der Waals surface area contributed by atoms with Gasteiger partial charge in [-0.05, 0) is 51.3 Å². The Morgan fingerprint density at radius 2 is 1.87 bits per heavy atom. The van der Waals surface area contributed by atoms with Crippen LogP contribution in [-0.4, -0.2) is 30.0 Å². The second kappa shape index (κ2) is 7.70. The van der Waals surface area contributed by atoms with Crippen molar-refractivity contribution in [2.75, 3.05) is 0 Å². The number of carbonyl (C=O) groups excluding carboxylic acids is 1. The first-order valence-corrected chi connectivity index (χ1v) is 9.79. The zero-order valence-corrected chi connectivity index (χ0v) is 17.5. The molecule has 0 aliphatic rings. The van der Waals surface area contributed by atoms with E-state index in [1.165, 1.54) is 10.5 Å². The van der Waals surface area contributed by atoms with E-state index in [1.807, 2.05) is 39.8 Å². The van der Waals surface area contributed by atoms with Crippen LogP contribution < -0.4 is 5.56 Å². The van der Waals surface area contributed by atoms with Crippen LogP contribution in [0.5, 0.6) is 0 Å². The summed E-state index contributed by atoms with van der Waals surface area (Å²) in [7, 11) is 0. The molecule has 0 aliphatic carbocycles. The predicted octanol–water partition coefficient (Wildman–Crippen LogP) is 2.65. The maximum atomic E-state index is 12.3. The summed E-state index contributed by atoms with van der Waals surface area (Å²) in [4.78, 5) is 33.5. The van der Waals surface area contributed by atoms with Crippen molar-refractivity contribution >= 4 is 17.3 Å². The van der Waals surface area contributed by atoms with Gasteiger partial charge in [0.2, 0.25) is 0 Å². The van der Waals surface area contributed by atoms with E-state index < -0.39 is 0 Å². The standard InChI is InChI=1S/C22H23N5O3/c1-13-5-7-19-24-17(10-21(28)26(19)11-13)12-30-22(29)8-6-18-15(3)23-20-9-14(2)25-27(20)16(18)4/h5,7,9-11H,6,8,12H2,1-4H3. The first-order valence-electron chi connectivity index (χ1n) is 9.79. The average Bonchev–Trinajstić information content (AvgIpc) is 3.07. The van der Waals surface area contributed by atoms with Crippen molar-refractivity contribution < 1.29 is 9.53 Å². The minimum absolute atomic E-state index is 0.0357. The number of esters is 1. The molecule has 0 unspecified atom stereocenters. The van der Waals surface area contributed by atoms with Crippen LogP contribution in [0, 0.1) is 27.7 Å². The lowest BCUT2D eigenvalue weighted by Crippen LogP contribution is -2.17. The number of ether oxygens (including phenoxy) is 1. The molecule has 0 atom stereocenters. The molecule has 0 saturated carbocycles. The highest BCUT2D eigenvalue weighted by Crippen LogP contribution is 2.17. The van der Waals surface area contributed by atoms with E-state index in [1.54, 1.807) is 16.8 Å². The normalized spacial score (nSPS) is 11.3. The topological polar surface area (TPSA) is 90.9 Å². The quantitative estimate of drug-likeness (QED) is 0.474. The number of pyridine rings is 1. The number of aryl methyl sites for hydroxylation is 4. The molecule has 4 aromatic rings. The molecule has 4 aromatic heterocycles. The van der Waals surface area contributed by atoms with Crippen molar-refractivity contribution in [2.45, 2.75) is 47.1 Å². The molecule has 30 heavy (non-hydrogen) atoms. The number of hydrogen-bond acceptors (Lipinski definition) is 6. The summed E-state index contributed by atoms with van der Waals surface area (Å²) in [6.45, 7) is 7.71. The molecule has 0 N–H and O–H groups in total. The average molecular weight is 405 g/mol. The van der Waals surface area contributed by atoms with Crippen molar-refractivity contribution in [3.63, 3.8) is 0 Å². The van der Waals surface area contributed by atoms with E-state index >= 15 is 0 Å². The molecule has 0 radical (unpaired) electrons. The van der Waals surface area contributed by atoms with Gasteiger partial charge in [0, 0.05) is 36.1 Å². The summed E-state index contributed by atoms with van der Waals surface area (Å²) < 4.78 is 8.64. The Kier molecular flexibility index (Phi) is 5.07. The molecule has 0 spiro atoms. The molecule has 0 amide bonds. The monoisotopic (exact) mass is 405 g/mol. The number of nitrogens with zero attached hydrogens (tertiary/aromatic N) is 5. The van der Waals surface area contributed by atoms with Crippen LogP contribution in [0.2, 0.25) is 0 Å². The first-order chi connectivity index (χ1) is 14.3. The number of rotatable bonds is 5. The minimum atomic E-state index is -0.351. The fourth-order valence-electron chi connectivity index (χ4n) is 3.59. The summed E-state index contributed by atoms with van der Waals surface area (Å²) in [5, 5.41) is 4.45. The number of fused-ring (bicyclic) bond motifs is 2. The molecule has 8 heteroatoms. The molecule has 154 valence electrons. The van der Waals surface area contributed by atoms with Gasteiger partial charge in [0.15, 0.2) is 5.65 Å². The Labute approximate surface area is 173 Å². The lowest BCUT2D eigenvalue weighted by atomic mass is 10.1. The van der Waals surface area contributed by atoms with Crippen LogP contribution in [0.3, 0.4) is 0 Å². The first kappa shape index (κ1) is 19.8. The molecule has 0 aromatic carbocycles. The highest BCUT2D eigenvalue weighted by molar-refractivity contribution is 5.69. The van der Waals surface area contributed by atoms with Gasteiger partial charge in [-0.1, -0.05) is 6.07 Å². The molecule has 0 bridgehead atoms. The van der Waals surface area contributed by atoms with E-state index in [2.05, 4.69) is 15.1 Å². The fraction of sp³-hybridized carbons (Fsp3) is 0.318. The molecular formula is C22H23N5O3. The summed E-state index contributed by atoms with van der Waals surface area (Å²) in [6.07, 6.45) is 2.45. The van der Waals surface area contributed by atoms with Gasteiger partial charge in [0.25, 0.3) is 5.56 Å². The van der Waals surface area contributed by atoms with E-state index in [0.717, 1.165) is 33.9 Å². The predicted molar refractivity (Wildman–Crippen MR) is 112 cm³/mol. The van der Waals surface area contributed by atoms with E-state index in [9.17, 15) is 9.59 Å². The number of carbonyl (C=O) groups is 1. The van der Waals surface area contributed by atoms with E-state index in [4.69, 9.17) is 4.74 Å². The lowest BCUT2D eigenvalue weighted by Gasteiger charge is -2.11. The zero-order chi connectivity index (χ0) is 21.4. The van der Waals surface area contributed by atoms with Crippen molar-refractivity contribution in [3.05, 3.63) is 74.7 Å². The largest absolute Gasteiger partial charge is 0.459 e. The van der Waals surface area contributed by atoms with Crippen molar-refractivity contribution in [2.24, 2.45) is 0 Å². The van der Waals surface area contributed by atoms with Gasteiger partial charge in [-0.15, -0.1) is 0 Å². The summed E-state index contributed by atoms with van der Waals surface area (Å²) >= 11 is 0. The molecule has 8 nitrogen and oxygen atoms in total. The number of aromatic nitrogens is 5. The van der Waals surface area contributed by atoms with Gasteiger partial charge in [-0.2, -0.15) is 5.10 Å². The fourth-order valence-corrected chi connectivity index (χ4v) is 3.59. The maximum Gasteiger partial charge on any atom is 0.306 e. The Hall–Kier alpha value is -3.55. The third-order valence-corrected chi connectivity index (χ3v) is 5.11. The third kappa shape index (κ3) is 3.80. The Morgan fingerprint density at radius 3 is 2.67 bits per heavy atom. The molecule has 0 aliphatic heterocycles. The molecule has 4 heterocycles. The second-order valence-corrected chi connectivity index (χ2v) is 7.50. The zero-order valence-electron chi connectivity index (χ0n) is 17.5. The Balaban J connectivity index is 1.43. The summed E-state index contributed by atoms with van der Waals surface area (Å²) in [5.74, 6) is -0.351. The van der Waals surface area contributed by atoms with Crippen LogP contribution in [0.25, 0.3) is 11.3 Å². The van der Waals surface area contributed by atoms with Crippen LogP contribution >= 0.6 is 0 Å². The van der Waals surface area contributed by atoms with E-state index in [0.29, 0.717) is 17.8 Å². The van der Waals surface area contributed by atoms with Crippen LogP contribution in [0.15, 0.2) is 35.3 Å². The minimum Gasteiger partial charge on any atom is -0.459 e. The molecule has 4 rings (SSSR count). The molecule has 0 fully saturated rings. The summed E-state index contributed by atoms with van der Waals surface area (Å²) in [6, 6.07) is 6.98. The van der Waals surface area contributed by atoms with Gasteiger partial charge < -0.3 is 4.74 Å². The van der Waals surface area contributed by atoms with Crippen LogP contribution in [0.1, 0.15) is 40.3 Å². The number of hydrogen-bond donors (Lipinski definition) is 0. The third-order valence-electron chi connectivity index (χ3n) is 5.11. The van der Waals surface area contributed by atoms with Gasteiger partial charge >= 0.3 is 5.97 Å².